The Morgan fingerprint density at radius 1 is 1.25 bits per heavy atom. The van der Waals surface area contributed by atoms with Gasteiger partial charge in [-0.2, -0.15) is 0 Å². The zero-order chi connectivity index (χ0) is 13.2. The summed E-state index contributed by atoms with van der Waals surface area (Å²) in [6.07, 6.45) is 7.97. The smallest absolute Gasteiger partial charge is 0.251 e. The molecule has 0 radical (unpaired) electrons. The molecule has 0 aromatic heterocycles. The second kappa shape index (κ2) is 6.25. The predicted molar refractivity (Wildman–Crippen MR) is 84.4 cm³/mol. The Morgan fingerprint density at radius 3 is 2.90 bits per heavy atom. The van der Waals surface area contributed by atoms with E-state index in [9.17, 15) is 4.79 Å². The molecule has 0 unspecified atom stereocenters. The number of benzene rings is 1. The van der Waals surface area contributed by atoms with E-state index in [0.29, 0.717) is 5.92 Å². The van der Waals surface area contributed by atoms with Gasteiger partial charge in [-0.25, -0.2) is 0 Å². The molecule has 1 aromatic carbocycles. The van der Waals surface area contributed by atoms with Crippen LogP contribution in [-0.2, 0) is 0 Å². The normalized spacial score (nSPS) is 24.4. The van der Waals surface area contributed by atoms with E-state index < -0.39 is 0 Å². The maximum atomic E-state index is 12.1. The number of amides is 1. The monoisotopic (exact) mass is 290 g/mol. The highest BCUT2D eigenvalue weighted by Gasteiger charge is 2.36. The first-order valence-electron chi connectivity index (χ1n) is 6.74. The fourth-order valence-corrected chi connectivity index (χ4v) is 2.88. The summed E-state index contributed by atoms with van der Waals surface area (Å²) >= 11 is 0. The molecular weight excluding hydrogens is 272 g/mol. The van der Waals surface area contributed by atoms with Crippen LogP contribution in [0.3, 0.4) is 0 Å². The lowest BCUT2D eigenvalue weighted by Gasteiger charge is -2.28. The predicted octanol–water partition coefficient (Wildman–Crippen LogP) is 2.50. The molecule has 3 rings (SSSR count). The van der Waals surface area contributed by atoms with Gasteiger partial charge in [0.05, 0.1) is 0 Å². The van der Waals surface area contributed by atoms with Crippen molar-refractivity contribution in [3.05, 3.63) is 53.1 Å². The third kappa shape index (κ3) is 2.65. The standard InChI is InChI=1S/C16H18N2O.ClH/c1-2-3-4-5-11-6-7-12-13(8-11)16(19)18-15-10-17-9-14(12)15;/h2-8,14-15,17H,9-10H2,1H3,(H,18,19);1H/t14-,15+;/m1./s1. The molecule has 1 fully saturated rings. The second-order valence-corrected chi connectivity index (χ2v) is 5.08. The highest BCUT2D eigenvalue weighted by atomic mass is 35.5. The average Bonchev–Trinajstić information content (AvgIpc) is 2.87. The molecule has 1 saturated heterocycles. The van der Waals surface area contributed by atoms with Crippen molar-refractivity contribution in [3.8, 4) is 0 Å². The summed E-state index contributed by atoms with van der Waals surface area (Å²) < 4.78 is 0. The first kappa shape index (κ1) is 14.8. The quantitative estimate of drug-likeness (QED) is 0.822. The Labute approximate surface area is 125 Å². The van der Waals surface area contributed by atoms with Gasteiger partial charge in [0.1, 0.15) is 0 Å². The van der Waals surface area contributed by atoms with E-state index in [1.54, 1.807) is 0 Å². The summed E-state index contributed by atoms with van der Waals surface area (Å²) in [7, 11) is 0. The minimum absolute atomic E-state index is 0. The molecule has 0 saturated carbocycles. The van der Waals surface area contributed by atoms with E-state index in [0.717, 1.165) is 24.2 Å². The SMILES string of the molecule is CC=CC=Cc1ccc2c(c1)C(=O)N[C@H]1CNC[C@H]21.Cl. The Morgan fingerprint density at radius 2 is 2.10 bits per heavy atom. The Kier molecular flexibility index (Phi) is 4.63. The van der Waals surface area contributed by atoms with Gasteiger partial charge in [-0.3, -0.25) is 4.79 Å². The molecule has 4 heteroatoms. The number of fused-ring (bicyclic) bond motifs is 3. The van der Waals surface area contributed by atoms with Crippen LogP contribution in [0.15, 0.2) is 36.4 Å². The molecule has 20 heavy (non-hydrogen) atoms. The molecule has 2 aliphatic rings. The molecule has 1 aromatic rings. The Bertz CT molecular complexity index is 566. The summed E-state index contributed by atoms with van der Waals surface area (Å²) in [5.41, 5.74) is 3.07. The van der Waals surface area contributed by atoms with Crippen LogP contribution in [0.4, 0.5) is 0 Å². The maximum absolute atomic E-state index is 12.1. The van der Waals surface area contributed by atoms with Gasteiger partial charge in [-0.15, -0.1) is 12.4 Å². The Hall–Kier alpha value is -1.58. The minimum atomic E-state index is 0. The number of rotatable bonds is 2. The molecule has 0 aliphatic carbocycles. The average molecular weight is 291 g/mol. The van der Waals surface area contributed by atoms with Crippen LogP contribution in [0.2, 0.25) is 0 Å². The van der Waals surface area contributed by atoms with E-state index >= 15 is 0 Å². The summed E-state index contributed by atoms with van der Waals surface area (Å²) in [5.74, 6) is 0.475. The maximum Gasteiger partial charge on any atom is 0.251 e. The van der Waals surface area contributed by atoms with E-state index in [2.05, 4.69) is 22.8 Å². The lowest BCUT2D eigenvalue weighted by atomic mass is 9.85. The molecule has 106 valence electrons. The number of carbonyl (C=O) groups excluding carboxylic acids is 1. The van der Waals surface area contributed by atoms with E-state index in [1.807, 2.05) is 37.3 Å². The lowest BCUT2D eigenvalue weighted by molar-refractivity contribution is 0.0924. The fourth-order valence-electron chi connectivity index (χ4n) is 2.88. The van der Waals surface area contributed by atoms with Gasteiger partial charge < -0.3 is 10.6 Å². The van der Waals surface area contributed by atoms with Crippen molar-refractivity contribution in [2.24, 2.45) is 0 Å². The highest BCUT2D eigenvalue weighted by Crippen LogP contribution is 2.31. The van der Waals surface area contributed by atoms with Gasteiger partial charge in [-0.05, 0) is 24.1 Å². The number of allylic oxidation sites excluding steroid dienone is 3. The fraction of sp³-hybridized carbons (Fsp3) is 0.312. The second-order valence-electron chi connectivity index (χ2n) is 5.08. The minimum Gasteiger partial charge on any atom is -0.347 e. The Balaban J connectivity index is 0.00000147. The molecule has 0 spiro atoms. The number of hydrogen-bond donors (Lipinski definition) is 2. The van der Waals surface area contributed by atoms with Crippen molar-refractivity contribution in [1.82, 2.24) is 10.6 Å². The van der Waals surface area contributed by atoms with Crippen LogP contribution in [0.25, 0.3) is 6.08 Å². The van der Waals surface area contributed by atoms with E-state index in [1.165, 1.54) is 5.56 Å². The summed E-state index contributed by atoms with van der Waals surface area (Å²) in [6.45, 7) is 3.81. The summed E-state index contributed by atoms with van der Waals surface area (Å²) in [6, 6.07) is 6.43. The van der Waals surface area contributed by atoms with Crippen LogP contribution >= 0.6 is 12.4 Å². The number of hydrogen-bond acceptors (Lipinski definition) is 2. The van der Waals surface area contributed by atoms with Gasteiger partial charge in [0.25, 0.3) is 5.91 Å². The molecular formula is C16H19ClN2O. The molecule has 2 N–H and O–H groups in total. The summed E-state index contributed by atoms with van der Waals surface area (Å²) in [4.78, 5) is 12.1. The molecule has 3 nitrogen and oxygen atoms in total. The van der Waals surface area contributed by atoms with Gasteiger partial charge in [-0.1, -0.05) is 36.4 Å². The van der Waals surface area contributed by atoms with Crippen molar-refractivity contribution in [2.45, 2.75) is 18.9 Å². The number of carbonyl (C=O) groups is 1. The van der Waals surface area contributed by atoms with Crippen LogP contribution < -0.4 is 10.6 Å². The van der Waals surface area contributed by atoms with Crippen molar-refractivity contribution in [3.63, 3.8) is 0 Å². The van der Waals surface area contributed by atoms with Crippen LogP contribution in [-0.4, -0.2) is 25.0 Å². The third-order valence-electron chi connectivity index (χ3n) is 3.84. The zero-order valence-corrected chi connectivity index (χ0v) is 12.2. The van der Waals surface area contributed by atoms with E-state index in [4.69, 9.17) is 0 Å². The van der Waals surface area contributed by atoms with Gasteiger partial charge in [0.15, 0.2) is 0 Å². The molecule has 0 bridgehead atoms. The number of halogens is 1. The first-order valence-corrected chi connectivity index (χ1v) is 6.74. The zero-order valence-electron chi connectivity index (χ0n) is 11.4. The highest BCUT2D eigenvalue weighted by molar-refractivity contribution is 5.98. The van der Waals surface area contributed by atoms with Crippen molar-refractivity contribution < 1.29 is 4.79 Å². The van der Waals surface area contributed by atoms with Crippen molar-refractivity contribution >= 4 is 24.4 Å². The van der Waals surface area contributed by atoms with Crippen molar-refractivity contribution in [1.29, 1.82) is 0 Å². The van der Waals surface area contributed by atoms with E-state index in [-0.39, 0.29) is 24.4 Å². The molecule has 2 aliphatic heterocycles. The van der Waals surface area contributed by atoms with Crippen LogP contribution in [0.5, 0.6) is 0 Å². The van der Waals surface area contributed by atoms with Crippen molar-refractivity contribution in [2.75, 3.05) is 13.1 Å². The van der Waals surface area contributed by atoms with Gasteiger partial charge in [0.2, 0.25) is 0 Å². The van der Waals surface area contributed by atoms with Crippen LogP contribution in [0.1, 0.15) is 34.3 Å². The van der Waals surface area contributed by atoms with Crippen LogP contribution in [0, 0.1) is 0 Å². The van der Waals surface area contributed by atoms with Gasteiger partial charge in [0, 0.05) is 30.6 Å². The lowest BCUT2D eigenvalue weighted by Crippen LogP contribution is -2.44. The van der Waals surface area contributed by atoms with Gasteiger partial charge >= 0.3 is 0 Å². The topological polar surface area (TPSA) is 41.1 Å². The largest absolute Gasteiger partial charge is 0.347 e. The molecule has 1 amide bonds. The third-order valence-corrected chi connectivity index (χ3v) is 3.84. The molecule has 2 heterocycles. The first-order chi connectivity index (χ1) is 9.29. The summed E-state index contributed by atoms with van der Waals surface area (Å²) in [5, 5.41) is 6.43. The number of nitrogens with one attached hydrogen (secondary N) is 2. The molecule has 2 atom stereocenters.